The zero-order valence-corrected chi connectivity index (χ0v) is 10.0. The summed E-state index contributed by atoms with van der Waals surface area (Å²) in [5.41, 5.74) is 0.276. The summed E-state index contributed by atoms with van der Waals surface area (Å²) in [4.78, 5) is 12.2. The molecule has 1 saturated heterocycles. The van der Waals surface area contributed by atoms with E-state index in [4.69, 9.17) is 0 Å². The maximum atomic E-state index is 13.1. The molecule has 4 heteroatoms. The van der Waals surface area contributed by atoms with Crippen molar-refractivity contribution in [1.82, 2.24) is 5.32 Å². The second-order valence-electron chi connectivity index (χ2n) is 5.39. The average molecular weight is 251 g/mol. The van der Waals surface area contributed by atoms with E-state index >= 15 is 0 Å². The molecule has 1 atom stereocenters. The highest BCUT2D eigenvalue weighted by Crippen LogP contribution is 2.59. The van der Waals surface area contributed by atoms with Crippen molar-refractivity contribution >= 4 is 5.78 Å². The summed E-state index contributed by atoms with van der Waals surface area (Å²) < 4.78 is 26.2. The Morgan fingerprint density at radius 2 is 1.78 bits per heavy atom. The molecule has 3 rings (SSSR count). The lowest BCUT2D eigenvalue weighted by Crippen LogP contribution is -2.30. The van der Waals surface area contributed by atoms with Crippen LogP contribution in [0.15, 0.2) is 18.2 Å². The summed E-state index contributed by atoms with van der Waals surface area (Å²) in [6, 6.07) is 3.07. The quantitative estimate of drug-likeness (QED) is 0.818. The number of nitrogens with one attached hydrogen (secondary N) is 1. The van der Waals surface area contributed by atoms with Gasteiger partial charge in [-0.15, -0.1) is 0 Å². The summed E-state index contributed by atoms with van der Waals surface area (Å²) in [7, 11) is 0. The molecule has 1 N–H and O–H groups in total. The van der Waals surface area contributed by atoms with Crippen LogP contribution in [0.25, 0.3) is 0 Å². The second kappa shape index (κ2) is 4.12. The van der Waals surface area contributed by atoms with E-state index in [1.54, 1.807) is 0 Å². The van der Waals surface area contributed by atoms with Gasteiger partial charge in [-0.25, -0.2) is 8.78 Å². The number of ketones is 1. The number of benzene rings is 1. The number of carbonyl (C=O) groups is 1. The Balaban J connectivity index is 1.80. The summed E-state index contributed by atoms with van der Waals surface area (Å²) in [5.74, 6) is -1.51. The summed E-state index contributed by atoms with van der Waals surface area (Å²) >= 11 is 0. The molecule has 1 aromatic rings. The molecule has 1 spiro atoms. The van der Waals surface area contributed by atoms with Crippen LogP contribution in [0.3, 0.4) is 0 Å². The predicted molar refractivity (Wildman–Crippen MR) is 63.3 cm³/mol. The van der Waals surface area contributed by atoms with Crippen LogP contribution in [0.4, 0.5) is 8.78 Å². The van der Waals surface area contributed by atoms with Crippen molar-refractivity contribution in [2.24, 2.45) is 11.3 Å². The van der Waals surface area contributed by atoms with Crippen molar-refractivity contribution in [3.05, 3.63) is 35.4 Å². The average Bonchev–Trinajstić information content (AvgIpc) is 3.01. The van der Waals surface area contributed by atoms with Gasteiger partial charge < -0.3 is 5.32 Å². The number of hydrogen-bond donors (Lipinski definition) is 1. The molecular formula is C14H15F2NO. The highest BCUT2D eigenvalue weighted by atomic mass is 19.1. The molecule has 18 heavy (non-hydrogen) atoms. The fraction of sp³-hybridized carbons (Fsp3) is 0.500. The zero-order valence-electron chi connectivity index (χ0n) is 10.0. The fourth-order valence-corrected chi connectivity index (χ4v) is 3.09. The normalized spacial score (nSPS) is 25.1. The first kappa shape index (κ1) is 11.8. The molecule has 1 aliphatic heterocycles. The second-order valence-corrected chi connectivity index (χ2v) is 5.39. The standard InChI is InChI=1S/C14H15F2NO/c15-10-5-9(6-11(16)7-10)13(18)12-8-14(12)1-3-17-4-2-14/h5-7,12,17H,1-4,8H2. The molecule has 1 aliphatic carbocycles. The van der Waals surface area contributed by atoms with Crippen LogP contribution in [-0.2, 0) is 0 Å². The number of rotatable bonds is 2. The molecular weight excluding hydrogens is 236 g/mol. The molecule has 0 aromatic heterocycles. The third kappa shape index (κ3) is 1.94. The van der Waals surface area contributed by atoms with Crippen molar-refractivity contribution < 1.29 is 13.6 Å². The molecule has 2 nitrogen and oxygen atoms in total. The molecule has 1 saturated carbocycles. The molecule has 1 unspecified atom stereocenters. The van der Waals surface area contributed by atoms with Gasteiger partial charge in [0, 0.05) is 17.5 Å². The first-order chi connectivity index (χ1) is 8.61. The molecule has 96 valence electrons. The maximum Gasteiger partial charge on any atom is 0.166 e. The number of halogens is 2. The minimum Gasteiger partial charge on any atom is -0.317 e. The summed E-state index contributed by atoms with van der Waals surface area (Å²) in [6.07, 6.45) is 2.84. The molecule has 2 aliphatic rings. The first-order valence-corrected chi connectivity index (χ1v) is 6.32. The Morgan fingerprint density at radius 3 is 2.39 bits per heavy atom. The molecule has 0 amide bonds. The van der Waals surface area contributed by atoms with Crippen LogP contribution in [0.2, 0.25) is 0 Å². The molecule has 0 bridgehead atoms. The third-order valence-corrected chi connectivity index (χ3v) is 4.25. The van der Waals surface area contributed by atoms with Gasteiger partial charge in [-0.05, 0) is 49.9 Å². The van der Waals surface area contributed by atoms with Gasteiger partial charge in [-0.1, -0.05) is 0 Å². The zero-order chi connectivity index (χ0) is 12.8. The molecule has 1 aromatic carbocycles. The van der Waals surface area contributed by atoms with Crippen LogP contribution < -0.4 is 5.32 Å². The largest absolute Gasteiger partial charge is 0.317 e. The first-order valence-electron chi connectivity index (χ1n) is 6.32. The van der Waals surface area contributed by atoms with E-state index in [1.807, 2.05) is 0 Å². The smallest absolute Gasteiger partial charge is 0.166 e. The lowest BCUT2D eigenvalue weighted by molar-refractivity contribution is 0.0939. The van der Waals surface area contributed by atoms with Crippen LogP contribution in [-0.4, -0.2) is 18.9 Å². The SMILES string of the molecule is O=C(c1cc(F)cc(F)c1)C1CC12CCNCC2. The maximum absolute atomic E-state index is 13.1. The van der Waals surface area contributed by atoms with E-state index in [2.05, 4.69) is 5.32 Å². The van der Waals surface area contributed by atoms with E-state index in [1.165, 1.54) is 0 Å². The molecule has 0 radical (unpaired) electrons. The van der Waals surface area contributed by atoms with Crippen molar-refractivity contribution in [3.8, 4) is 0 Å². The Morgan fingerprint density at radius 1 is 1.17 bits per heavy atom. The van der Waals surface area contributed by atoms with Gasteiger partial charge in [0.1, 0.15) is 11.6 Å². The van der Waals surface area contributed by atoms with E-state index in [0.717, 1.165) is 50.6 Å². The van der Waals surface area contributed by atoms with Crippen LogP contribution in [0.5, 0.6) is 0 Å². The van der Waals surface area contributed by atoms with Crippen molar-refractivity contribution in [1.29, 1.82) is 0 Å². The Labute approximate surface area is 104 Å². The number of Topliss-reactive ketones (excluding diaryl/α,β-unsaturated/α-hetero) is 1. The lowest BCUT2D eigenvalue weighted by atomic mass is 9.89. The van der Waals surface area contributed by atoms with Crippen LogP contribution in [0, 0.1) is 23.0 Å². The Bertz CT molecular complexity index is 474. The van der Waals surface area contributed by atoms with Crippen molar-refractivity contribution in [2.75, 3.05) is 13.1 Å². The van der Waals surface area contributed by atoms with Crippen molar-refractivity contribution in [3.63, 3.8) is 0 Å². The van der Waals surface area contributed by atoms with Gasteiger partial charge in [0.05, 0.1) is 0 Å². The highest BCUT2D eigenvalue weighted by Gasteiger charge is 2.57. The van der Waals surface area contributed by atoms with Crippen LogP contribution >= 0.6 is 0 Å². The molecule has 1 heterocycles. The van der Waals surface area contributed by atoms with Gasteiger partial charge in [0.2, 0.25) is 0 Å². The van der Waals surface area contributed by atoms with E-state index < -0.39 is 11.6 Å². The monoisotopic (exact) mass is 251 g/mol. The van der Waals surface area contributed by atoms with E-state index in [-0.39, 0.29) is 22.7 Å². The third-order valence-electron chi connectivity index (χ3n) is 4.25. The van der Waals surface area contributed by atoms with Gasteiger partial charge >= 0.3 is 0 Å². The molecule has 2 fully saturated rings. The highest BCUT2D eigenvalue weighted by molar-refractivity contribution is 6.00. The summed E-state index contributed by atoms with van der Waals surface area (Å²) in [5, 5.41) is 3.27. The Kier molecular flexibility index (Phi) is 2.70. The van der Waals surface area contributed by atoms with E-state index in [9.17, 15) is 13.6 Å². The van der Waals surface area contributed by atoms with Gasteiger partial charge in [0.15, 0.2) is 5.78 Å². The number of hydrogen-bond acceptors (Lipinski definition) is 2. The van der Waals surface area contributed by atoms with Crippen LogP contribution in [0.1, 0.15) is 29.6 Å². The lowest BCUT2D eigenvalue weighted by Gasteiger charge is -2.23. The fourth-order valence-electron chi connectivity index (χ4n) is 3.09. The minimum absolute atomic E-state index is 0.0409. The Hall–Kier alpha value is -1.29. The predicted octanol–water partition coefficient (Wildman–Crippen LogP) is 2.54. The van der Waals surface area contributed by atoms with Crippen molar-refractivity contribution in [2.45, 2.75) is 19.3 Å². The minimum atomic E-state index is -0.682. The van der Waals surface area contributed by atoms with Gasteiger partial charge in [-0.3, -0.25) is 4.79 Å². The number of piperidine rings is 1. The van der Waals surface area contributed by atoms with Gasteiger partial charge in [-0.2, -0.15) is 0 Å². The summed E-state index contributed by atoms with van der Waals surface area (Å²) in [6.45, 7) is 1.86. The van der Waals surface area contributed by atoms with Gasteiger partial charge in [0.25, 0.3) is 0 Å². The number of carbonyl (C=O) groups excluding carboxylic acids is 1. The van der Waals surface area contributed by atoms with E-state index in [0.29, 0.717) is 0 Å². The topological polar surface area (TPSA) is 29.1 Å².